The molecule has 0 saturated heterocycles. The Morgan fingerprint density at radius 3 is 2.50 bits per heavy atom. The molecular formula is C16H15ClO. The van der Waals surface area contributed by atoms with Crippen LogP contribution in [-0.2, 0) is 6.42 Å². The molecule has 0 amide bonds. The summed E-state index contributed by atoms with van der Waals surface area (Å²) >= 11 is 6.41. The van der Waals surface area contributed by atoms with E-state index in [-0.39, 0.29) is 11.5 Å². The fraction of sp³-hybridized carbons (Fsp3) is 0.250. The zero-order chi connectivity index (χ0) is 12.4. The van der Waals surface area contributed by atoms with E-state index < -0.39 is 0 Å². The Labute approximate surface area is 112 Å². The van der Waals surface area contributed by atoms with Gasteiger partial charge in [0.15, 0.2) is 0 Å². The molecule has 0 bridgehead atoms. The fourth-order valence-electron chi connectivity index (χ4n) is 2.41. The summed E-state index contributed by atoms with van der Waals surface area (Å²) in [7, 11) is 0. The van der Waals surface area contributed by atoms with E-state index in [1.807, 2.05) is 36.4 Å². The van der Waals surface area contributed by atoms with Crippen molar-refractivity contribution in [3.8, 4) is 5.75 Å². The van der Waals surface area contributed by atoms with Gasteiger partial charge in [0.1, 0.15) is 11.9 Å². The summed E-state index contributed by atoms with van der Waals surface area (Å²) in [6, 6.07) is 18.5. The van der Waals surface area contributed by atoms with Crippen LogP contribution in [-0.4, -0.2) is 5.38 Å². The van der Waals surface area contributed by atoms with Gasteiger partial charge in [0.25, 0.3) is 0 Å². The first-order valence-electron chi connectivity index (χ1n) is 6.26. The molecule has 0 aromatic heterocycles. The van der Waals surface area contributed by atoms with Crippen LogP contribution in [0, 0.1) is 0 Å². The minimum atomic E-state index is 0.0531. The zero-order valence-electron chi connectivity index (χ0n) is 10.1. The van der Waals surface area contributed by atoms with Gasteiger partial charge in [0.2, 0.25) is 0 Å². The molecule has 18 heavy (non-hydrogen) atoms. The Kier molecular flexibility index (Phi) is 3.24. The lowest BCUT2D eigenvalue weighted by Crippen LogP contribution is -2.11. The second-order valence-corrected chi connectivity index (χ2v) is 5.28. The van der Waals surface area contributed by atoms with E-state index in [2.05, 4.69) is 18.2 Å². The van der Waals surface area contributed by atoms with Crippen LogP contribution < -0.4 is 4.74 Å². The van der Waals surface area contributed by atoms with E-state index in [1.165, 1.54) is 11.1 Å². The Morgan fingerprint density at radius 2 is 1.67 bits per heavy atom. The van der Waals surface area contributed by atoms with Crippen molar-refractivity contribution in [2.24, 2.45) is 0 Å². The Bertz CT molecular complexity index is 524. The van der Waals surface area contributed by atoms with E-state index >= 15 is 0 Å². The van der Waals surface area contributed by atoms with Crippen molar-refractivity contribution >= 4 is 11.6 Å². The monoisotopic (exact) mass is 258 g/mol. The number of fused-ring (bicyclic) bond motifs is 1. The van der Waals surface area contributed by atoms with Crippen LogP contribution in [0.15, 0.2) is 54.6 Å². The molecule has 3 rings (SSSR count). The average Bonchev–Trinajstić information content (AvgIpc) is 2.57. The highest BCUT2D eigenvalue weighted by atomic mass is 35.5. The summed E-state index contributed by atoms with van der Waals surface area (Å²) < 4.78 is 6.13. The zero-order valence-corrected chi connectivity index (χ0v) is 10.8. The van der Waals surface area contributed by atoms with Crippen LogP contribution in [0.3, 0.4) is 0 Å². The summed E-state index contributed by atoms with van der Waals surface area (Å²) in [5.74, 6) is 0.967. The summed E-state index contributed by atoms with van der Waals surface area (Å²) in [6.45, 7) is 0. The SMILES string of the molecule is Cl[C@@H]1Cc2ccccc2O[C@H](c2ccccc2)C1. The second kappa shape index (κ2) is 5.03. The van der Waals surface area contributed by atoms with Gasteiger partial charge in [-0.05, 0) is 23.6 Å². The van der Waals surface area contributed by atoms with Gasteiger partial charge in [-0.3, -0.25) is 0 Å². The van der Waals surface area contributed by atoms with Gasteiger partial charge in [-0.25, -0.2) is 0 Å². The minimum Gasteiger partial charge on any atom is -0.485 e. The number of alkyl halides is 1. The molecule has 92 valence electrons. The van der Waals surface area contributed by atoms with Gasteiger partial charge in [-0.2, -0.15) is 0 Å². The molecule has 0 aliphatic carbocycles. The number of para-hydroxylation sites is 1. The average molecular weight is 259 g/mol. The third-order valence-corrected chi connectivity index (χ3v) is 3.66. The largest absolute Gasteiger partial charge is 0.485 e. The molecule has 2 aromatic rings. The molecule has 1 nitrogen and oxygen atoms in total. The van der Waals surface area contributed by atoms with Crippen molar-refractivity contribution in [3.05, 3.63) is 65.7 Å². The van der Waals surface area contributed by atoms with E-state index in [0.717, 1.165) is 18.6 Å². The molecule has 2 aromatic carbocycles. The molecule has 1 aliphatic heterocycles. The van der Waals surface area contributed by atoms with E-state index in [0.29, 0.717) is 0 Å². The highest BCUT2D eigenvalue weighted by molar-refractivity contribution is 6.20. The molecular weight excluding hydrogens is 244 g/mol. The molecule has 2 atom stereocenters. The van der Waals surface area contributed by atoms with Crippen LogP contribution in [0.25, 0.3) is 0 Å². The van der Waals surface area contributed by atoms with Gasteiger partial charge >= 0.3 is 0 Å². The molecule has 0 spiro atoms. The van der Waals surface area contributed by atoms with Gasteiger partial charge in [-0.1, -0.05) is 48.5 Å². The first-order valence-corrected chi connectivity index (χ1v) is 6.70. The first kappa shape index (κ1) is 11.6. The quantitative estimate of drug-likeness (QED) is 0.691. The molecule has 0 saturated carbocycles. The highest BCUT2D eigenvalue weighted by Gasteiger charge is 2.24. The van der Waals surface area contributed by atoms with Crippen LogP contribution in [0.1, 0.15) is 23.7 Å². The van der Waals surface area contributed by atoms with E-state index in [1.54, 1.807) is 0 Å². The number of benzene rings is 2. The third kappa shape index (κ3) is 2.37. The van der Waals surface area contributed by atoms with Crippen molar-refractivity contribution in [1.82, 2.24) is 0 Å². The fourth-order valence-corrected chi connectivity index (χ4v) is 2.74. The van der Waals surface area contributed by atoms with E-state index in [4.69, 9.17) is 16.3 Å². The molecule has 1 aliphatic rings. The maximum absolute atomic E-state index is 6.41. The van der Waals surface area contributed by atoms with Gasteiger partial charge in [0, 0.05) is 11.8 Å². The van der Waals surface area contributed by atoms with Gasteiger partial charge in [0.05, 0.1) is 0 Å². The molecule has 0 radical (unpaired) electrons. The Balaban J connectivity index is 1.95. The summed E-state index contributed by atoms with van der Waals surface area (Å²) in [4.78, 5) is 0. The summed E-state index contributed by atoms with van der Waals surface area (Å²) in [5.41, 5.74) is 2.40. The molecule has 0 unspecified atom stereocenters. The maximum Gasteiger partial charge on any atom is 0.125 e. The number of rotatable bonds is 1. The molecule has 2 heteroatoms. The van der Waals surface area contributed by atoms with Crippen LogP contribution in [0.5, 0.6) is 5.75 Å². The van der Waals surface area contributed by atoms with Crippen molar-refractivity contribution in [2.45, 2.75) is 24.3 Å². The highest BCUT2D eigenvalue weighted by Crippen LogP contribution is 2.35. The predicted molar refractivity (Wildman–Crippen MR) is 74.2 cm³/mol. The number of hydrogen-bond donors (Lipinski definition) is 0. The first-order chi connectivity index (χ1) is 8.83. The lowest BCUT2D eigenvalue weighted by atomic mass is 10.0. The lowest BCUT2D eigenvalue weighted by molar-refractivity contribution is 0.201. The Hall–Kier alpha value is -1.47. The topological polar surface area (TPSA) is 9.23 Å². The standard InChI is InChI=1S/C16H15ClO/c17-14-10-13-8-4-5-9-15(13)18-16(11-14)12-6-2-1-3-7-12/h1-9,14,16H,10-11H2/t14-,16+/m1/s1. The molecule has 0 fully saturated rings. The van der Waals surface area contributed by atoms with Gasteiger partial charge in [-0.15, -0.1) is 11.6 Å². The van der Waals surface area contributed by atoms with Crippen molar-refractivity contribution in [1.29, 1.82) is 0 Å². The second-order valence-electron chi connectivity index (χ2n) is 4.66. The summed E-state index contributed by atoms with van der Waals surface area (Å²) in [6.07, 6.45) is 1.78. The van der Waals surface area contributed by atoms with Crippen LogP contribution in [0.2, 0.25) is 0 Å². The number of halogens is 1. The predicted octanol–water partition coefficient (Wildman–Crippen LogP) is 4.36. The molecule has 1 heterocycles. The Morgan fingerprint density at radius 1 is 0.944 bits per heavy atom. The number of ether oxygens (including phenoxy) is 1. The van der Waals surface area contributed by atoms with Crippen LogP contribution in [0.4, 0.5) is 0 Å². The third-order valence-electron chi connectivity index (χ3n) is 3.32. The van der Waals surface area contributed by atoms with Crippen LogP contribution >= 0.6 is 11.6 Å². The normalized spacial score (nSPS) is 22.7. The van der Waals surface area contributed by atoms with Crippen molar-refractivity contribution in [3.63, 3.8) is 0 Å². The minimum absolute atomic E-state index is 0.0531. The van der Waals surface area contributed by atoms with Crippen molar-refractivity contribution in [2.75, 3.05) is 0 Å². The van der Waals surface area contributed by atoms with E-state index in [9.17, 15) is 0 Å². The van der Waals surface area contributed by atoms with Gasteiger partial charge < -0.3 is 4.74 Å². The lowest BCUT2D eigenvalue weighted by Gasteiger charge is -2.18. The smallest absolute Gasteiger partial charge is 0.125 e. The van der Waals surface area contributed by atoms with Crippen molar-refractivity contribution < 1.29 is 4.74 Å². The molecule has 0 N–H and O–H groups in total. The summed E-state index contributed by atoms with van der Waals surface area (Å²) in [5, 5.41) is 0.124. The maximum atomic E-state index is 6.41. The number of hydrogen-bond acceptors (Lipinski definition) is 1.